The van der Waals surface area contributed by atoms with Crippen LogP contribution < -0.4 is 10.9 Å². The minimum atomic E-state index is -3.69. The van der Waals surface area contributed by atoms with Gasteiger partial charge in [0, 0.05) is 23.7 Å². The van der Waals surface area contributed by atoms with Crippen LogP contribution in [0.3, 0.4) is 0 Å². The predicted octanol–water partition coefficient (Wildman–Crippen LogP) is 3.16. The van der Waals surface area contributed by atoms with Crippen molar-refractivity contribution in [2.45, 2.75) is 32.1 Å². The number of nitrogens with one attached hydrogen (secondary N) is 2. The smallest absolute Gasteiger partial charge is 0.264 e. The van der Waals surface area contributed by atoms with Crippen LogP contribution in [0.25, 0.3) is 11.3 Å². The molecule has 3 aromatic rings. The van der Waals surface area contributed by atoms with Gasteiger partial charge in [-0.15, -0.1) is 0 Å². The Morgan fingerprint density at radius 1 is 1.00 bits per heavy atom. The summed E-state index contributed by atoms with van der Waals surface area (Å²) in [5, 5.41) is 9.05. The number of amides is 1. The molecule has 1 heterocycles. The highest BCUT2D eigenvalue weighted by Crippen LogP contribution is 2.24. The quantitative estimate of drug-likeness (QED) is 0.630. The summed E-state index contributed by atoms with van der Waals surface area (Å²) in [7, 11) is -3.69. The zero-order valence-electron chi connectivity index (χ0n) is 17.0. The van der Waals surface area contributed by atoms with Crippen LogP contribution in [0, 0.1) is 20.8 Å². The van der Waals surface area contributed by atoms with Crippen molar-refractivity contribution < 1.29 is 13.2 Å². The van der Waals surface area contributed by atoms with Crippen LogP contribution in [-0.2, 0) is 14.6 Å². The van der Waals surface area contributed by atoms with Gasteiger partial charge in [-0.25, -0.2) is 13.5 Å². The lowest BCUT2D eigenvalue weighted by Gasteiger charge is -2.11. The molecule has 0 fully saturated rings. The highest BCUT2D eigenvalue weighted by Gasteiger charge is 2.20. The van der Waals surface area contributed by atoms with Gasteiger partial charge in [-0.2, -0.15) is 5.10 Å². The predicted molar refractivity (Wildman–Crippen MR) is 116 cm³/mol. The monoisotopic (exact) mass is 425 g/mol. The fourth-order valence-electron chi connectivity index (χ4n) is 3.10. The lowest BCUT2D eigenvalue weighted by atomic mass is 10.1. The highest BCUT2D eigenvalue weighted by molar-refractivity contribution is 7.91. The molecule has 156 valence electrons. The van der Waals surface area contributed by atoms with E-state index in [-0.39, 0.29) is 28.5 Å². The molecule has 0 aliphatic heterocycles. The number of aromatic amines is 1. The summed E-state index contributed by atoms with van der Waals surface area (Å²) in [6.07, 6.45) is -0.157. The number of hydrogen-bond acceptors (Lipinski definition) is 5. The van der Waals surface area contributed by atoms with E-state index in [1.807, 2.05) is 32.0 Å². The van der Waals surface area contributed by atoms with E-state index in [2.05, 4.69) is 15.5 Å². The second-order valence-corrected chi connectivity index (χ2v) is 9.30. The number of rotatable bonds is 6. The highest BCUT2D eigenvalue weighted by atomic mass is 32.2. The summed E-state index contributed by atoms with van der Waals surface area (Å²) in [4.78, 5) is 23.7. The van der Waals surface area contributed by atoms with Gasteiger partial charge in [0.1, 0.15) is 0 Å². The molecule has 0 radical (unpaired) electrons. The Labute approximate surface area is 175 Å². The van der Waals surface area contributed by atoms with Crippen LogP contribution >= 0.6 is 0 Å². The van der Waals surface area contributed by atoms with Crippen molar-refractivity contribution in [3.05, 3.63) is 75.6 Å². The van der Waals surface area contributed by atoms with Crippen molar-refractivity contribution in [2.24, 2.45) is 0 Å². The van der Waals surface area contributed by atoms with E-state index in [4.69, 9.17) is 0 Å². The van der Waals surface area contributed by atoms with Crippen molar-refractivity contribution in [1.82, 2.24) is 10.2 Å². The summed E-state index contributed by atoms with van der Waals surface area (Å²) >= 11 is 0. The van der Waals surface area contributed by atoms with E-state index in [1.54, 1.807) is 19.1 Å². The molecule has 0 saturated heterocycles. The van der Waals surface area contributed by atoms with Crippen LogP contribution in [0.15, 0.2) is 58.2 Å². The molecule has 1 amide bonds. The average Bonchev–Trinajstić information content (AvgIpc) is 2.70. The molecule has 1 aromatic heterocycles. The number of carbonyl (C=O) groups is 1. The Morgan fingerprint density at radius 2 is 1.77 bits per heavy atom. The standard InChI is InChI=1S/C22H23N3O4S/c1-14-4-7-18(16(3)12-14)23-21(26)10-11-30(28,29)20-13-17(6-5-15(20)2)19-8-9-22(27)25-24-19/h4-9,12-13H,10-11H2,1-3H3,(H,23,26)(H,25,27). The first-order valence-corrected chi connectivity index (χ1v) is 11.1. The SMILES string of the molecule is Cc1ccc(NC(=O)CCS(=O)(=O)c2cc(-c3ccc(=O)[nH]n3)ccc2C)c(C)c1. The van der Waals surface area contributed by atoms with Crippen LogP contribution in [-0.4, -0.2) is 30.3 Å². The van der Waals surface area contributed by atoms with Gasteiger partial charge >= 0.3 is 0 Å². The first-order valence-electron chi connectivity index (χ1n) is 9.42. The molecule has 0 bridgehead atoms. The summed E-state index contributed by atoms with van der Waals surface area (Å²) in [6, 6.07) is 13.4. The molecular weight excluding hydrogens is 402 g/mol. The third-order valence-electron chi connectivity index (χ3n) is 4.75. The summed E-state index contributed by atoms with van der Waals surface area (Å²) in [6.45, 7) is 5.55. The number of aryl methyl sites for hydroxylation is 3. The number of benzene rings is 2. The fraction of sp³-hybridized carbons (Fsp3) is 0.227. The summed E-state index contributed by atoms with van der Waals surface area (Å²) in [5.74, 6) is -0.672. The average molecular weight is 426 g/mol. The number of carbonyl (C=O) groups excluding carboxylic acids is 1. The number of hydrogen-bond donors (Lipinski definition) is 2. The molecule has 8 heteroatoms. The Balaban J connectivity index is 1.76. The molecule has 0 unspecified atom stereocenters. The van der Waals surface area contributed by atoms with E-state index < -0.39 is 9.84 Å². The van der Waals surface area contributed by atoms with Crippen LogP contribution in [0.2, 0.25) is 0 Å². The van der Waals surface area contributed by atoms with E-state index >= 15 is 0 Å². The van der Waals surface area contributed by atoms with Crippen LogP contribution in [0.1, 0.15) is 23.1 Å². The maximum Gasteiger partial charge on any atom is 0.264 e. The van der Waals surface area contributed by atoms with E-state index in [1.165, 1.54) is 18.2 Å². The van der Waals surface area contributed by atoms with Crippen molar-refractivity contribution in [3.63, 3.8) is 0 Å². The van der Waals surface area contributed by atoms with Crippen molar-refractivity contribution in [2.75, 3.05) is 11.1 Å². The number of sulfone groups is 1. The van der Waals surface area contributed by atoms with Crippen LogP contribution in [0.5, 0.6) is 0 Å². The van der Waals surface area contributed by atoms with Gasteiger partial charge < -0.3 is 5.32 Å². The molecule has 0 saturated carbocycles. The maximum atomic E-state index is 12.9. The molecule has 0 aliphatic carbocycles. The minimum Gasteiger partial charge on any atom is -0.326 e. The molecule has 0 aliphatic rings. The van der Waals surface area contributed by atoms with Crippen LogP contribution in [0.4, 0.5) is 5.69 Å². The van der Waals surface area contributed by atoms with E-state index in [0.717, 1.165) is 11.1 Å². The molecule has 30 heavy (non-hydrogen) atoms. The number of anilines is 1. The lowest BCUT2D eigenvalue weighted by Crippen LogP contribution is -2.18. The summed E-state index contributed by atoms with van der Waals surface area (Å²) in [5.41, 5.74) is 3.94. The molecule has 2 N–H and O–H groups in total. The van der Waals surface area contributed by atoms with Crippen molar-refractivity contribution in [1.29, 1.82) is 0 Å². The van der Waals surface area contributed by atoms with E-state index in [9.17, 15) is 18.0 Å². The number of aromatic nitrogens is 2. The molecule has 3 rings (SSSR count). The van der Waals surface area contributed by atoms with Gasteiger partial charge in [0.15, 0.2) is 9.84 Å². The number of H-pyrrole nitrogens is 1. The third-order valence-corrected chi connectivity index (χ3v) is 6.60. The number of nitrogens with zero attached hydrogens (tertiary/aromatic N) is 1. The third kappa shape index (κ3) is 5.01. The molecule has 7 nitrogen and oxygen atoms in total. The fourth-order valence-corrected chi connectivity index (χ4v) is 4.64. The second-order valence-electron chi connectivity index (χ2n) is 7.22. The van der Waals surface area contributed by atoms with E-state index in [0.29, 0.717) is 22.5 Å². The minimum absolute atomic E-state index is 0.146. The van der Waals surface area contributed by atoms with Gasteiger partial charge in [-0.05, 0) is 50.1 Å². The molecular formula is C22H23N3O4S. The first kappa shape index (κ1) is 21.4. The Bertz CT molecular complexity index is 1240. The largest absolute Gasteiger partial charge is 0.326 e. The van der Waals surface area contributed by atoms with Gasteiger partial charge in [-0.3, -0.25) is 9.59 Å². The molecule has 2 aromatic carbocycles. The summed E-state index contributed by atoms with van der Waals surface area (Å²) < 4.78 is 25.8. The first-order chi connectivity index (χ1) is 14.2. The van der Waals surface area contributed by atoms with Crippen molar-refractivity contribution >= 4 is 21.4 Å². The molecule has 0 atom stereocenters. The second kappa shape index (κ2) is 8.62. The van der Waals surface area contributed by atoms with Gasteiger partial charge in [0.05, 0.1) is 16.3 Å². The van der Waals surface area contributed by atoms with Gasteiger partial charge in [0.2, 0.25) is 5.91 Å². The zero-order valence-corrected chi connectivity index (χ0v) is 17.8. The Morgan fingerprint density at radius 3 is 2.43 bits per heavy atom. The van der Waals surface area contributed by atoms with Gasteiger partial charge in [-0.1, -0.05) is 29.8 Å². The van der Waals surface area contributed by atoms with Gasteiger partial charge in [0.25, 0.3) is 5.56 Å². The molecule has 0 spiro atoms. The Kier molecular flexibility index (Phi) is 6.17. The maximum absolute atomic E-state index is 12.9. The Hall–Kier alpha value is -3.26. The van der Waals surface area contributed by atoms with Crippen molar-refractivity contribution in [3.8, 4) is 11.3 Å². The zero-order chi connectivity index (χ0) is 21.9. The normalized spacial score (nSPS) is 11.3. The lowest BCUT2D eigenvalue weighted by molar-refractivity contribution is -0.115. The topological polar surface area (TPSA) is 109 Å².